The summed E-state index contributed by atoms with van der Waals surface area (Å²) in [6, 6.07) is 0. The van der Waals surface area contributed by atoms with Crippen LogP contribution in [0.1, 0.15) is 27.2 Å². The topological polar surface area (TPSA) is 9.23 Å². The molecule has 1 heteroatoms. The molecule has 2 aliphatic rings. The highest BCUT2D eigenvalue weighted by Crippen LogP contribution is 2.51. The molecule has 1 heterocycles. The Morgan fingerprint density at radius 2 is 2.00 bits per heavy atom. The zero-order valence-electron chi connectivity index (χ0n) is 7.05. The number of fused-ring (bicyclic) bond motifs is 1. The summed E-state index contributed by atoms with van der Waals surface area (Å²) in [5, 5.41) is 0. The molecule has 1 nitrogen and oxygen atoms in total. The van der Waals surface area contributed by atoms with Crippen LogP contribution in [-0.2, 0) is 4.74 Å². The van der Waals surface area contributed by atoms with Crippen LogP contribution in [0.25, 0.3) is 0 Å². The fraction of sp³-hybridized carbons (Fsp3) is 1.00. The maximum absolute atomic E-state index is 5.47. The quantitative estimate of drug-likeness (QED) is 0.500. The minimum Gasteiger partial charge on any atom is -0.377 e. The van der Waals surface area contributed by atoms with Gasteiger partial charge in [0.05, 0.1) is 12.7 Å². The maximum Gasteiger partial charge on any atom is 0.0658 e. The highest BCUT2D eigenvalue weighted by atomic mass is 16.5. The third-order valence-electron chi connectivity index (χ3n) is 3.03. The molecule has 0 aromatic heterocycles. The Labute approximate surface area is 62.8 Å². The second kappa shape index (κ2) is 1.76. The fourth-order valence-electron chi connectivity index (χ4n) is 2.10. The molecule has 0 spiro atoms. The van der Waals surface area contributed by atoms with Crippen LogP contribution < -0.4 is 0 Å². The van der Waals surface area contributed by atoms with Crippen molar-refractivity contribution < 1.29 is 4.74 Å². The Morgan fingerprint density at radius 3 is 2.10 bits per heavy atom. The van der Waals surface area contributed by atoms with Gasteiger partial charge in [0.2, 0.25) is 0 Å². The number of ether oxygens (including phenoxy) is 1. The molecule has 3 atom stereocenters. The lowest BCUT2D eigenvalue weighted by atomic mass is 9.59. The van der Waals surface area contributed by atoms with E-state index in [0.717, 1.165) is 18.4 Å². The van der Waals surface area contributed by atoms with Crippen molar-refractivity contribution in [1.29, 1.82) is 0 Å². The fourth-order valence-corrected chi connectivity index (χ4v) is 2.10. The van der Waals surface area contributed by atoms with Gasteiger partial charge in [0.1, 0.15) is 0 Å². The zero-order valence-corrected chi connectivity index (χ0v) is 7.05. The summed E-state index contributed by atoms with van der Waals surface area (Å²) >= 11 is 0. The predicted octanol–water partition coefficient (Wildman–Crippen LogP) is 2.07. The Hall–Kier alpha value is -0.0400. The van der Waals surface area contributed by atoms with E-state index in [1.54, 1.807) is 0 Å². The van der Waals surface area contributed by atoms with E-state index >= 15 is 0 Å². The highest BCUT2D eigenvalue weighted by Gasteiger charge is 2.52. The molecular formula is C9H16O. The van der Waals surface area contributed by atoms with Gasteiger partial charge in [0, 0.05) is 5.92 Å². The number of rotatable bonds is 0. The second-order valence-electron chi connectivity index (χ2n) is 4.77. The van der Waals surface area contributed by atoms with Crippen LogP contribution in [0, 0.1) is 17.3 Å². The van der Waals surface area contributed by atoms with Gasteiger partial charge in [-0.25, -0.2) is 0 Å². The lowest BCUT2D eigenvalue weighted by Crippen LogP contribution is -2.59. The first kappa shape index (κ1) is 6.66. The molecule has 0 amide bonds. The van der Waals surface area contributed by atoms with Crippen LogP contribution >= 0.6 is 0 Å². The van der Waals surface area contributed by atoms with Crippen LogP contribution in [-0.4, -0.2) is 12.7 Å². The van der Waals surface area contributed by atoms with Crippen molar-refractivity contribution in [3.63, 3.8) is 0 Å². The zero-order chi connectivity index (χ0) is 7.35. The minimum absolute atomic E-state index is 0.474. The molecule has 2 fully saturated rings. The molecule has 2 rings (SSSR count). The summed E-state index contributed by atoms with van der Waals surface area (Å²) in [5.74, 6) is 1.77. The number of hydrogen-bond acceptors (Lipinski definition) is 1. The van der Waals surface area contributed by atoms with Crippen LogP contribution in [0.2, 0.25) is 0 Å². The average molecular weight is 140 g/mol. The third kappa shape index (κ3) is 0.731. The molecular weight excluding hydrogens is 124 g/mol. The molecule has 1 aliphatic carbocycles. The molecule has 0 aromatic rings. The lowest BCUT2D eigenvalue weighted by Gasteiger charge is -2.57. The van der Waals surface area contributed by atoms with Crippen LogP contribution in [0.4, 0.5) is 0 Å². The monoisotopic (exact) mass is 140 g/mol. The van der Waals surface area contributed by atoms with Crippen molar-refractivity contribution in [3.05, 3.63) is 0 Å². The molecule has 0 aromatic carbocycles. The minimum atomic E-state index is 0.474. The van der Waals surface area contributed by atoms with Crippen molar-refractivity contribution in [1.82, 2.24) is 0 Å². The van der Waals surface area contributed by atoms with E-state index in [1.807, 2.05) is 0 Å². The first-order chi connectivity index (χ1) is 4.59. The molecule has 1 aliphatic heterocycles. The first-order valence-corrected chi connectivity index (χ1v) is 4.20. The van der Waals surface area contributed by atoms with E-state index in [2.05, 4.69) is 20.8 Å². The molecule has 10 heavy (non-hydrogen) atoms. The van der Waals surface area contributed by atoms with Crippen LogP contribution in [0.5, 0.6) is 0 Å². The van der Waals surface area contributed by atoms with E-state index in [1.165, 1.54) is 6.42 Å². The number of hydrogen-bond donors (Lipinski definition) is 0. The Morgan fingerprint density at radius 1 is 1.30 bits per heavy atom. The summed E-state index contributed by atoms with van der Waals surface area (Å²) in [6.07, 6.45) is 2.05. The van der Waals surface area contributed by atoms with Gasteiger partial charge in [0.25, 0.3) is 0 Å². The van der Waals surface area contributed by atoms with Gasteiger partial charge >= 0.3 is 0 Å². The van der Waals surface area contributed by atoms with Gasteiger partial charge in [0.15, 0.2) is 0 Å². The summed E-state index contributed by atoms with van der Waals surface area (Å²) in [7, 11) is 0. The van der Waals surface area contributed by atoms with Crippen LogP contribution in [0.3, 0.4) is 0 Å². The molecule has 58 valence electrons. The average Bonchev–Trinajstić information content (AvgIpc) is 1.74. The van der Waals surface area contributed by atoms with Crippen molar-refractivity contribution in [3.8, 4) is 0 Å². The molecule has 3 unspecified atom stereocenters. The molecule has 1 saturated heterocycles. The summed E-state index contributed by atoms with van der Waals surface area (Å²) in [4.78, 5) is 0. The predicted molar refractivity (Wildman–Crippen MR) is 40.8 cm³/mol. The normalized spacial score (nSPS) is 45.3. The van der Waals surface area contributed by atoms with E-state index in [0.29, 0.717) is 11.5 Å². The molecule has 0 radical (unpaired) electrons. The Balaban J connectivity index is 1.97. The van der Waals surface area contributed by atoms with Crippen LogP contribution in [0.15, 0.2) is 0 Å². The van der Waals surface area contributed by atoms with Gasteiger partial charge < -0.3 is 4.74 Å². The van der Waals surface area contributed by atoms with Gasteiger partial charge in [-0.15, -0.1) is 0 Å². The molecule has 0 N–H and O–H groups in total. The Kier molecular flexibility index (Phi) is 1.17. The summed E-state index contributed by atoms with van der Waals surface area (Å²) < 4.78 is 5.47. The SMILES string of the molecule is CC(C)(C)C1CC2COC21. The standard InChI is InChI=1S/C9H16O/c1-9(2,3)7-4-6-5-10-8(6)7/h6-8H,4-5H2,1-3H3. The summed E-state index contributed by atoms with van der Waals surface area (Å²) in [5.41, 5.74) is 0.474. The van der Waals surface area contributed by atoms with Gasteiger partial charge in [-0.1, -0.05) is 20.8 Å². The maximum atomic E-state index is 5.47. The molecule has 1 saturated carbocycles. The van der Waals surface area contributed by atoms with Crippen molar-refractivity contribution >= 4 is 0 Å². The third-order valence-corrected chi connectivity index (χ3v) is 3.03. The van der Waals surface area contributed by atoms with E-state index in [4.69, 9.17) is 4.74 Å². The molecule has 0 bridgehead atoms. The van der Waals surface area contributed by atoms with Gasteiger partial charge in [-0.05, 0) is 17.8 Å². The highest BCUT2D eigenvalue weighted by molar-refractivity contribution is 5.00. The Bertz CT molecular complexity index is 145. The smallest absolute Gasteiger partial charge is 0.0658 e. The van der Waals surface area contributed by atoms with Crippen molar-refractivity contribution in [2.24, 2.45) is 17.3 Å². The van der Waals surface area contributed by atoms with Gasteiger partial charge in [-0.2, -0.15) is 0 Å². The van der Waals surface area contributed by atoms with Crippen molar-refractivity contribution in [2.75, 3.05) is 6.61 Å². The lowest BCUT2D eigenvalue weighted by molar-refractivity contribution is -0.237. The van der Waals surface area contributed by atoms with E-state index in [-0.39, 0.29) is 0 Å². The van der Waals surface area contributed by atoms with E-state index in [9.17, 15) is 0 Å². The van der Waals surface area contributed by atoms with Gasteiger partial charge in [-0.3, -0.25) is 0 Å². The first-order valence-electron chi connectivity index (χ1n) is 4.20. The van der Waals surface area contributed by atoms with Crippen molar-refractivity contribution in [2.45, 2.75) is 33.3 Å². The van der Waals surface area contributed by atoms with E-state index < -0.39 is 0 Å². The largest absolute Gasteiger partial charge is 0.377 e. The summed E-state index contributed by atoms with van der Waals surface area (Å²) in [6.45, 7) is 7.98. The second-order valence-corrected chi connectivity index (χ2v) is 4.77.